The molecule has 3 heteroatoms. The second-order valence-corrected chi connectivity index (χ2v) is 6.42. The van der Waals surface area contributed by atoms with E-state index in [1.807, 2.05) is 25.1 Å². The Labute approximate surface area is 83.6 Å². The van der Waals surface area contributed by atoms with Gasteiger partial charge in [0.2, 0.25) is 0 Å². The van der Waals surface area contributed by atoms with Gasteiger partial charge in [-0.25, -0.2) is 0 Å². The Balaban J connectivity index is 0.000000292. The molecule has 0 saturated heterocycles. The summed E-state index contributed by atoms with van der Waals surface area (Å²) >= 11 is -0.931. The van der Waals surface area contributed by atoms with Crippen LogP contribution in [0, 0.1) is 6.42 Å². The van der Waals surface area contributed by atoms with E-state index in [0.717, 1.165) is 0 Å². The molecule has 0 fully saturated rings. The molecule has 0 aromatic heterocycles. The maximum absolute atomic E-state index is 4.95. The summed E-state index contributed by atoms with van der Waals surface area (Å²) in [5.41, 5.74) is 1.28. The van der Waals surface area contributed by atoms with Crippen molar-refractivity contribution in [3.8, 4) is 0 Å². The van der Waals surface area contributed by atoms with Crippen LogP contribution in [0.4, 0.5) is 0 Å². The van der Waals surface area contributed by atoms with Gasteiger partial charge >= 0.3 is 34.5 Å². The van der Waals surface area contributed by atoms with E-state index in [4.69, 9.17) is 19.4 Å². The van der Waals surface area contributed by atoms with Crippen molar-refractivity contribution in [2.45, 2.75) is 6.92 Å². The van der Waals surface area contributed by atoms with Crippen molar-refractivity contribution in [1.82, 2.24) is 0 Å². The monoisotopic (exact) mass is 239 g/mol. The number of benzene rings is 1. The molecular weight excluding hydrogens is 232 g/mol. The average molecular weight is 241 g/mol. The van der Waals surface area contributed by atoms with E-state index in [2.05, 4.69) is 18.6 Å². The summed E-state index contributed by atoms with van der Waals surface area (Å²) in [6, 6.07) is 10.3. The van der Waals surface area contributed by atoms with Gasteiger partial charge in [-0.1, -0.05) is 37.3 Å². The molecule has 0 heterocycles. The van der Waals surface area contributed by atoms with E-state index in [9.17, 15) is 0 Å². The molecular formula is C8H9Cl2Zn. The summed E-state index contributed by atoms with van der Waals surface area (Å²) in [5, 5.41) is 0. The van der Waals surface area contributed by atoms with Gasteiger partial charge in [-0.3, -0.25) is 0 Å². The zero-order valence-electron chi connectivity index (χ0n) is 6.43. The molecule has 1 aromatic rings. The van der Waals surface area contributed by atoms with Crippen molar-refractivity contribution in [2.24, 2.45) is 0 Å². The van der Waals surface area contributed by atoms with Gasteiger partial charge in [-0.2, -0.15) is 0 Å². The van der Waals surface area contributed by atoms with Crippen molar-refractivity contribution in [3.63, 3.8) is 0 Å². The van der Waals surface area contributed by atoms with E-state index >= 15 is 0 Å². The van der Waals surface area contributed by atoms with Crippen molar-refractivity contribution in [2.75, 3.05) is 0 Å². The Morgan fingerprint density at radius 2 is 1.64 bits per heavy atom. The summed E-state index contributed by atoms with van der Waals surface area (Å²) in [4.78, 5) is 0. The Morgan fingerprint density at radius 1 is 1.18 bits per heavy atom. The van der Waals surface area contributed by atoms with Crippen molar-refractivity contribution in [3.05, 3.63) is 42.3 Å². The fraction of sp³-hybridized carbons (Fsp3) is 0.125. The third-order valence-electron chi connectivity index (χ3n) is 1.13. The van der Waals surface area contributed by atoms with E-state index in [0.29, 0.717) is 0 Å². The van der Waals surface area contributed by atoms with Gasteiger partial charge in [-0.15, -0.1) is 0 Å². The molecule has 1 radical (unpaired) electrons. The van der Waals surface area contributed by atoms with Crippen LogP contribution in [-0.4, -0.2) is 0 Å². The predicted octanol–water partition coefficient (Wildman–Crippen LogP) is 3.64. The van der Waals surface area contributed by atoms with E-state index in [1.165, 1.54) is 5.56 Å². The Kier molecular flexibility index (Phi) is 8.85. The van der Waals surface area contributed by atoms with Crippen molar-refractivity contribution < 1.29 is 15.1 Å². The normalized spacial score (nSPS) is 7.55. The standard InChI is InChI=1S/C8H9.2ClH.Zn/c1-2-8-6-4-3-5-7-8;;;/h2-7H,1H3;2*1H;/q;;;+2/p-2. The second kappa shape index (κ2) is 8.52. The van der Waals surface area contributed by atoms with Crippen LogP contribution in [0.1, 0.15) is 12.5 Å². The Morgan fingerprint density at radius 3 is 1.91 bits per heavy atom. The van der Waals surface area contributed by atoms with Gasteiger partial charge in [-0.05, 0) is 12.0 Å². The van der Waals surface area contributed by atoms with Crippen molar-refractivity contribution in [1.29, 1.82) is 0 Å². The molecule has 0 N–H and O–H groups in total. The van der Waals surface area contributed by atoms with E-state index in [-0.39, 0.29) is 0 Å². The third-order valence-corrected chi connectivity index (χ3v) is 1.13. The van der Waals surface area contributed by atoms with Crippen LogP contribution in [0.15, 0.2) is 30.3 Å². The molecule has 0 atom stereocenters. The predicted molar refractivity (Wildman–Crippen MR) is 47.2 cm³/mol. The Hall–Kier alpha value is 0.423. The van der Waals surface area contributed by atoms with Crippen LogP contribution < -0.4 is 0 Å². The Bertz CT molecular complexity index is 165. The molecule has 0 spiro atoms. The zero-order valence-corrected chi connectivity index (χ0v) is 10.9. The summed E-state index contributed by atoms with van der Waals surface area (Å²) < 4.78 is 0. The average Bonchev–Trinajstić information content (AvgIpc) is 2.08. The topological polar surface area (TPSA) is 0 Å². The molecule has 1 rings (SSSR count). The van der Waals surface area contributed by atoms with E-state index < -0.39 is 15.1 Å². The first-order valence-corrected chi connectivity index (χ1v) is 11.1. The van der Waals surface area contributed by atoms with Gasteiger partial charge in [0.15, 0.2) is 0 Å². The summed E-state index contributed by atoms with van der Waals surface area (Å²) in [6.45, 7) is 2.04. The zero-order chi connectivity index (χ0) is 8.53. The number of hydrogen-bond acceptors (Lipinski definition) is 0. The van der Waals surface area contributed by atoms with Crippen LogP contribution in [0.25, 0.3) is 0 Å². The summed E-state index contributed by atoms with van der Waals surface area (Å²) in [6.07, 6.45) is 2.08. The molecule has 1 aromatic carbocycles. The van der Waals surface area contributed by atoms with E-state index in [1.54, 1.807) is 0 Å². The SMILES string of the molecule is C[CH]c1ccccc1.[Cl][Zn][Cl]. The number of rotatable bonds is 1. The minimum absolute atomic E-state index is 0.931. The fourth-order valence-electron chi connectivity index (χ4n) is 0.645. The first-order chi connectivity index (χ1) is 5.35. The first-order valence-electron chi connectivity index (χ1n) is 3.31. The van der Waals surface area contributed by atoms with Gasteiger partial charge < -0.3 is 0 Å². The molecule has 0 aliphatic rings. The third kappa shape index (κ3) is 6.81. The first kappa shape index (κ1) is 11.4. The quantitative estimate of drug-likeness (QED) is 0.659. The number of halogens is 2. The summed E-state index contributed by atoms with van der Waals surface area (Å²) in [7, 11) is 9.90. The molecule has 0 aliphatic heterocycles. The number of hydrogen-bond donors (Lipinski definition) is 0. The van der Waals surface area contributed by atoms with Crippen LogP contribution in [-0.2, 0) is 15.1 Å². The van der Waals surface area contributed by atoms with Crippen LogP contribution >= 0.6 is 19.4 Å². The van der Waals surface area contributed by atoms with Crippen LogP contribution in [0.2, 0.25) is 0 Å². The van der Waals surface area contributed by atoms with Crippen LogP contribution in [0.5, 0.6) is 0 Å². The van der Waals surface area contributed by atoms with Gasteiger partial charge in [0.1, 0.15) is 0 Å². The molecule has 57 valence electrons. The second-order valence-electron chi connectivity index (χ2n) is 1.80. The maximum atomic E-state index is 4.95. The van der Waals surface area contributed by atoms with Gasteiger partial charge in [0, 0.05) is 0 Å². The van der Waals surface area contributed by atoms with Crippen LogP contribution in [0.3, 0.4) is 0 Å². The molecule has 0 aliphatic carbocycles. The molecule has 0 nitrogen and oxygen atoms in total. The summed E-state index contributed by atoms with van der Waals surface area (Å²) in [5.74, 6) is 0. The van der Waals surface area contributed by atoms with Gasteiger partial charge in [0.25, 0.3) is 0 Å². The molecule has 0 unspecified atom stereocenters. The molecule has 0 saturated carbocycles. The molecule has 0 bridgehead atoms. The fourth-order valence-corrected chi connectivity index (χ4v) is 0.645. The molecule has 0 amide bonds. The van der Waals surface area contributed by atoms with Crippen molar-refractivity contribution >= 4 is 19.4 Å². The van der Waals surface area contributed by atoms with Gasteiger partial charge in [0.05, 0.1) is 0 Å². The molecule has 11 heavy (non-hydrogen) atoms. The minimum atomic E-state index is -0.931.